The number of hydrogen-bond donors (Lipinski definition) is 1. The fourth-order valence-corrected chi connectivity index (χ4v) is 8.25. The second-order valence-corrected chi connectivity index (χ2v) is 12.8. The Morgan fingerprint density at radius 3 is 2.67 bits per heavy atom. The van der Waals surface area contributed by atoms with Gasteiger partial charge in [0.1, 0.15) is 11.9 Å². The molecule has 2 bridgehead atoms. The Hall–Kier alpha value is -2.10. The lowest BCUT2D eigenvalue weighted by molar-refractivity contribution is -0.685. The highest BCUT2D eigenvalue weighted by Gasteiger charge is 2.68. The number of nitrogens with zero attached hydrogens (tertiary/aromatic N) is 1. The summed E-state index contributed by atoms with van der Waals surface area (Å²) < 4.78 is 8.20. The summed E-state index contributed by atoms with van der Waals surface area (Å²) in [6, 6.07) is 3.88. The fraction of sp³-hybridized carbons (Fsp3) is 0.633. The molecule has 0 radical (unpaired) electrons. The topological polar surface area (TPSA) is 67.5 Å². The van der Waals surface area contributed by atoms with Gasteiger partial charge in [0, 0.05) is 40.2 Å². The molecule has 5 nitrogen and oxygen atoms in total. The molecule has 1 aromatic rings. The Bertz CT molecular complexity index is 1060. The van der Waals surface area contributed by atoms with E-state index < -0.39 is 23.0 Å². The predicted molar refractivity (Wildman–Crippen MR) is 141 cm³/mol. The van der Waals surface area contributed by atoms with Gasteiger partial charge in [-0.2, -0.15) is 4.57 Å². The van der Waals surface area contributed by atoms with Crippen LogP contribution in [0.3, 0.4) is 0 Å². The molecule has 0 saturated heterocycles. The number of aliphatic hydroxyl groups excluding tert-OH is 1. The van der Waals surface area contributed by atoms with Crippen molar-refractivity contribution < 1.29 is 24.0 Å². The van der Waals surface area contributed by atoms with E-state index in [1.54, 1.807) is 0 Å². The van der Waals surface area contributed by atoms with Crippen LogP contribution < -0.4 is 4.57 Å². The number of rotatable bonds is 6. The number of terminal acetylenes is 1. The van der Waals surface area contributed by atoms with Crippen LogP contribution in [0.25, 0.3) is 0 Å². The Kier molecular flexibility index (Phi) is 7.48. The molecule has 0 unspecified atom stereocenters. The number of ketones is 1. The van der Waals surface area contributed by atoms with E-state index in [1.807, 2.05) is 42.1 Å². The first kappa shape index (κ1) is 26.9. The SMILES string of the molecule is C#CC[n+]1ccc(SCC(=O)O[C@@H]2C[C@@](C)(C=C)[C@@H](O)[C@H](C)[C@]34CCC(=O)[C@H]3[C@@]2(C)[C@H](C)CC4)cc1. The predicted octanol–water partition coefficient (Wildman–Crippen LogP) is 4.61. The van der Waals surface area contributed by atoms with Crippen molar-refractivity contribution in [2.75, 3.05) is 5.75 Å². The van der Waals surface area contributed by atoms with Gasteiger partial charge >= 0.3 is 5.97 Å². The molecular weight excluding hydrogens is 470 g/mol. The molecule has 3 saturated carbocycles. The molecule has 0 aromatic carbocycles. The lowest BCUT2D eigenvalue weighted by Crippen LogP contribution is -2.63. The standard InChI is InChI=1S/C30H40NO4S/c1-7-15-31-16-11-22(12-17-31)36-19-25(33)35-24-18-28(5,8-2)27(34)21(4)30-13-9-20(3)29(24,6)26(30)23(32)10-14-30/h1,8,11-12,16-17,20-21,24,26-27,34H,2,9-10,13-15,18-19H2,3-6H3/q+1/t20-,21+,24-,26+,27+,28-,29+,30+/m1/s1. The van der Waals surface area contributed by atoms with Crippen molar-refractivity contribution in [2.24, 2.45) is 34.0 Å². The Morgan fingerprint density at radius 2 is 2.03 bits per heavy atom. The summed E-state index contributed by atoms with van der Waals surface area (Å²) >= 11 is 1.43. The summed E-state index contributed by atoms with van der Waals surface area (Å²) in [6.45, 7) is 13.1. The highest BCUT2D eigenvalue weighted by atomic mass is 32.2. The number of carbonyl (C=O) groups is 2. The summed E-state index contributed by atoms with van der Waals surface area (Å²) in [5, 5.41) is 11.6. The largest absolute Gasteiger partial charge is 0.461 e. The van der Waals surface area contributed by atoms with Crippen molar-refractivity contribution in [1.82, 2.24) is 0 Å². The van der Waals surface area contributed by atoms with E-state index in [0.29, 0.717) is 19.4 Å². The van der Waals surface area contributed by atoms with Crippen LogP contribution in [-0.4, -0.2) is 34.8 Å². The van der Waals surface area contributed by atoms with Crippen LogP contribution in [0.15, 0.2) is 42.1 Å². The van der Waals surface area contributed by atoms with Crippen molar-refractivity contribution in [3.63, 3.8) is 0 Å². The van der Waals surface area contributed by atoms with Crippen molar-refractivity contribution in [1.29, 1.82) is 0 Å². The Morgan fingerprint density at radius 1 is 1.33 bits per heavy atom. The van der Waals surface area contributed by atoms with Crippen LogP contribution in [0, 0.1) is 46.3 Å². The Balaban J connectivity index is 1.62. The molecule has 3 aliphatic rings. The normalized spacial score (nSPS) is 39.9. The first-order chi connectivity index (χ1) is 17.0. The van der Waals surface area contributed by atoms with E-state index in [2.05, 4.69) is 33.3 Å². The minimum atomic E-state index is -0.657. The zero-order valence-corrected chi connectivity index (χ0v) is 22.9. The highest BCUT2D eigenvalue weighted by Crippen LogP contribution is 2.68. The number of ether oxygens (including phenoxy) is 1. The molecule has 36 heavy (non-hydrogen) atoms. The first-order valence-electron chi connectivity index (χ1n) is 13.1. The van der Waals surface area contributed by atoms with Crippen LogP contribution >= 0.6 is 11.8 Å². The van der Waals surface area contributed by atoms with Gasteiger partial charge in [0.2, 0.25) is 6.54 Å². The maximum absolute atomic E-state index is 13.5. The lowest BCUT2D eigenvalue weighted by atomic mass is 9.44. The quantitative estimate of drug-likeness (QED) is 0.199. The number of carbonyl (C=O) groups excluding carboxylic acids is 2. The van der Waals surface area contributed by atoms with E-state index in [4.69, 9.17) is 11.2 Å². The molecule has 0 spiro atoms. The van der Waals surface area contributed by atoms with Crippen molar-refractivity contribution in [2.45, 2.75) is 83.4 Å². The Labute approximate surface area is 220 Å². The van der Waals surface area contributed by atoms with E-state index in [0.717, 1.165) is 24.2 Å². The summed E-state index contributed by atoms with van der Waals surface area (Å²) in [6.07, 6.45) is 13.5. The first-order valence-corrected chi connectivity index (χ1v) is 14.1. The highest BCUT2D eigenvalue weighted by molar-refractivity contribution is 8.00. The zero-order chi connectivity index (χ0) is 26.3. The van der Waals surface area contributed by atoms with Crippen molar-refractivity contribution >= 4 is 23.5 Å². The van der Waals surface area contributed by atoms with Gasteiger partial charge in [0.25, 0.3) is 0 Å². The van der Waals surface area contributed by atoms with E-state index in [1.165, 1.54) is 11.8 Å². The maximum Gasteiger partial charge on any atom is 0.316 e. The maximum atomic E-state index is 13.5. The number of hydrogen-bond acceptors (Lipinski definition) is 5. The monoisotopic (exact) mass is 510 g/mol. The minimum absolute atomic E-state index is 0.0358. The van der Waals surface area contributed by atoms with Gasteiger partial charge in [-0.25, -0.2) is 0 Å². The summed E-state index contributed by atoms with van der Waals surface area (Å²) in [7, 11) is 0. The smallest absolute Gasteiger partial charge is 0.316 e. The second kappa shape index (κ2) is 9.99. The number of Topliss-reactive ketones (excluding diaryl/α,β-unsaturated/α-hetero) is 1. The molecule has 1 heterocycles. The summed E-state index contributed by atoms with van der Waals surface area (Å²) in [4.78, 5) is 27.7. The molecule has 1 N–H and O–H groups in total. The summed E-state index contributed by atoms with van der Waals surface area (Å²) in [5.74, 6) is 2.73. The van der Waals surface area contributed by atoms with Crippen molar-refractivity contribution in [3.8, 4) is 12.3 Å². The summed E-state index contributed by atoms with van der Waals surface area (Å²) in [5.41, 5.74) is -1.37. The molecule has 1 aromatic heterocycles. The number of thioether (sulfide) groups is 1. The van der Waals surface area contributed by atoms with E-state index in [-0.39, 0.29) is 40.7 Å². The van der Waals surface area contributed by atoms with E-state index in [9.17, 15) is 14.7 Å². The number of pyridine rings is 1. The zero-order valence-electron chi connectivity index (χ0n) is 22.0. The fourth-order valence-electron chi connectivity index (χ4n) is 7.59. The van der Waals surface area contributed by atoms with Crippen LogP contribution in [-0.2, 0) is 20.9 Å². The van der Waals surface area contributed by atoms with Crippen molar-refractivity contribution in [3.05, 3.63) is 37.2 Å². The number of esters is 1. The van der Waals surface area contributed by atoms with Gasteiger partial charge < -0.3 is 9.84 Å². The van der Waals surface area contributed by atoms with Crippen LogP contribution in [0.4, 0.5) is 0 Å². The molecule has 0 amide bonds. The van der Waals surface area contributed by atoms with Gasteiger partial charge in [-0.15, -0.1) is 24.8 Å². The third kappa shape index (κ3) is 4.33. The number of aromatic nitrogens is 1. The van der Waals surface area contributed by atoms with Gasteiger partial charge in [-0.3, -0.25) is 9.59 Å². The minimum Gasteiger partial charge on any atom is -0.461 e. The average Bonchev–Trinajstić information content (AvgIpc) is 3.22. The molecule has 3 aliphatic carbocycles. The third-order valence-corrected chi connectivity index (χ3v) is 11.1. The molecule has 4 rings (SSSR count). The second-order valence-electron chi connectivity index (χ2n) is 11.8. The van der Waals surface area contributed by atoms with Gasteiger partial charge in [0.15, 0.2) is 12.4 Å². The molecule has 6 heteroatoms. The van der Waals surface area contributed by atoms with Gasteiger partial charge in [-0.05, 0) is 48.9 Å². The molecule has 0 aliphatic heterocycles. The molecule has 3 fully saturated rings. The van der Waals surface area contributed by atoms with Gasteiger partial charge in [-0.1, -0.05) is 33.8 Å². The molecule has 8 atom stereocenters. The molecular formula is C30H40NO4S+. The van der Waals surface area contributed by atoms with Gasteiger partial charge in [0.05, 0.1) is 11.9 Å². The number of aliphatic hydroxyl groups is 1. The van der Waals surface area contributed by atoms with Crippen LogP contribution in [0.2, 0.25) is 0 Å². The lowest BCUT2D eigenvalue weighted by Gasteiger charge is -2.61. The van der Waals surface area contributed by atoms with Crippen LogP contribution in [0.5, 0.6) is 0 Å². The third-order valence-electron chi connectivity index (χ3n) is 10.1. The molecule has 194 valence electrons. The average molecular weight is 511 g/mol. The van der Waals surface area contributed by atoms with Crippen LogP contribution in [0.1, 0.15) is 59.8 Å². The van der Waals surface area contributed by atoms with E-state index >= 15 is 0 Å².